The van der Waals surface area contributed by atoms with Gasteiger partial charge in [0.15, 0.2) is 12.5 Å². The number of anilines is 2. The number of rotatable bonds is 2. The molecule has 0 spiro atoms. The first-order chi connectivity index (χ1) is 10.4. The molecule has 0 N–H and O–H groups in total. The maximum atomic E-state index is 11.5. The summed E-state index contributed by atoms with van der Waals surface area (Å²) >= 11 is 0. The van der Waals surface area contributed by atoms with Gasteiger partial charge in [0.25, 0.3) is 5.22 Å². The summed E-state index contributed by atoms with van der Waals surface area (Å²) in [7, 11) is -3.05. The van der Waals surface area contributed by atoms with E-state index in [1.807, 2.05) is 44.1 Å². The summed E-state index contributed by atoms with van der Waals surface area (Å²) < 4.78 is 60.5. The van der Waals surface area contributed by atoms with Crippen molar-refractivity contribution in [2.45, 2.75) is 0 Å². The Hall–Kier alpha value is -2.17. The van der Waals surface area contributed by atoms with E-state index in [-0.39, 0.29) is 5.82 Å². The van der Waals surface area contributed by atoms with E-state index in [4.69, 9.17) is 0 Å². The van der Waals surface area contributed by atoms with Crippen LogP contribution in [0.15, 0.2) is 11.3 Å². The van der Waals surface area contributed by atoms with Crippen molar-refractivity contribution < 1.29 is 34.7 Å². The zero-order valence-electron chi connectivity index (χ0n) is 13.1. The number of nitrogens with zero attached hydrogens (tertiary/aromatic N) is 6. The molecule has 24 heavy (non-hydrogen) atoms. The number of halogens is 6. The van der Waals surface area contributed by atoms with E-state index >= 15 is 0 Å². The van der Waals surface area contributed by atoms with Crippen LogP contribution in [0.5, 0.6) is 0 Å². The van der Waals surface area contributed by atoms with Crippen LogP contribution in [0.25, 0.3) is 0 Å². The van der Waals surface area contributed by atoms with Gasteiger partial charge in [-0.2, -0.15) is 4.98 Å². The Balaban J connectivity index is 0.000000351. The predicted molar refractivity (Wildman–Crippen MR) is 79.2 cm³/mol. The summed E-state index contributed by atoms with van der Waals surface area (Å²) in [5.74, 6) is 0.995. The molecule has 0 aromatic carbocycles. The summed E-state index contributed by atoms with van der Waals surface area (Å²) in [6, 6.07) is 1.85. The van der Waals surface area contributed by atoms with E-state index in [0.29, 0.717) is 10.5 Å². The zero-order chi connectivity index (χ0) is 19.1. The molecule has 0 unspecified atom stereocenters. The molecule has 0 aliphatic carbocycles. The van der Waals surface area contributed by atoms with Gasteiger partial charge in [-0.15, -0.1) is 0 Å². The third-order valence-corrected chi connectivity index (χ3v) is 2.50. The van der Waals surface area contributed by atoms with E-state index < -0.39 is 7.81 Å². The van der Waals surface area contributed by atoms with Gasteiger partial charge in [-0.1, -0.05) is 0 Å². The minimum atomic E-state index is -10.7. The third-order valence-electron chi connectivity index (χ3n) is 2.50. The second-order valence-electron chi connectivity index (χ2n) is 5.18. The second-order valence-corrected chi connectivity index (χ2v) is 7.10. The Morgan fingerprint density at radius 2 is 1.50 bits per heavy atom. The first kappa shape index (κ1) is 19.9. The van der Waals surface area contributed by atoms with Crippen LogP contribution >= 0.6 is 7.81 Å². The van der Waals surface area contributed by atoms with Crippen LogP contribution in [0.3, 0.4) is 0 Å². The fourth-order valence-corrected chi connectivity index (χ4v) is 1.65. The molecule has 7 nitrogen and oxygen atoms in total. The molecule has 0 amide bonds. The third kappa shape index (κ3) is 6.14. The molecule has 2 heterocycles. The van der Waals surface area contributed by atoms with Gasteiger partial charge in [0, 0.05) is 43.8 Å². The van der Waals surface area contributed by atoms with Crippen molar-refractivity contribution in [2.24, 2.45) is 5.22 Å². The van der Waals surface area contributed by atoms with Gasteiger partial charge in [0.05, 0.1) is 5.69 Å². The standard InChI is InChI=1S/C10H15N6O.F6P/c1-13(2)7-6-8-10(11-9(7)14(3)4)16(17)12-15(8)5;1-7(2,3,4,5)6/h6H,5H2,1-4H3;/q+1;-1. The quantitative estimate of drug-likeness (QED) is 0.329. The molecule has 0 fully saturated rings. The monoisotopic (exact) mass is 380 g/mol. The van der Waals surface area contributed by atoms with Gasteiger partial charge in [0.1, 0.15) is 0 Å². The van der Waals surface area contributed by atoms with Crippen LogP contribution in [0.2, 0.25) is 0 Å². The molecule has 1 aliphatic rings. The molecule has 14 heteroatoms. The number of pyridine rings is 1. The van der Waals surface area contributed by atoms with Crippen LogP contribution in [0.4, 0.5) is 48.2 Å². The number of aromatic nitrogens is 1. The van der Waals surface area contributed by atoms with Crippen LogP contribution in [0, 0.1) is 5.21 Å². The molecular weight excluding hydrogens is 365 g/mol. The molecule has 1 aromatic rings. The maximum absolute atomic E-state index is 11.5. The topological polar surface area (TPSA) is 60.8 Å². The summed E-state index contributed by atoms with van der Waals surface area (Å²) in [5.41, 5.74) is 1.52. The summed E-state index contributed by atoms with van der Waals surface area (Å²) in [6.45, 7) is 3.66. The number of hydrogen-bond acceptors (Lipinski definition) is 5. The van der Waals surface area contributed by atoms with Crippen molar-refractivity contribution in [3.8, 4) is 0 Å². The SMILES string of the molecule is C=[N+]1N=[N+]([O-])c2nc(N(C)C)c(N(C)C)cc21.F[P-](F)(F)(F)(F)F. The van der Waals surface area contributed by atoms with Crippen LogP contribution < -0.4 is 9.80 Å². The van der Waals surface area contributed by atoms with E-state index in [0.717, 1.165) is 11.5 Å². The number of fused-ring (bicyclic) bond motifs is 1. The van der Waals surface area contributed by atoms with Gasteiger partial charge in [0.2, 0.25) is 0 Å². The average Bonchev–Trinajstić information content (AvgIpc) is 2.59. The Morgan fingerprint density at radius 3 is 1.88 bits per heavy atom. The summed E-state index contributed by atoms with van der Waals surface area (Å²) in [6.07, 6.45) is 0. The van der Waals surface area contributed by atoms with Crippen LogP contribution in [0.1, 0.15) is 0 Å². The fraction of sp³-hybridized carbons (Fsp3) is 0.400. The molecule has 0 saturated carbocycles. The van der Waals surface area contributed by atoms with Crippen molar-refractivity contribution in [1.29, 1.82) is 0 Å². The van der Waals surface area contributed by atoms with Gasteiger partial charge < -0.3 is 15.0 Å². The van der Waals surface area contributed by atoms with Crippen molar-refractivity contribution >= 4 is 37.5 Å². The van der Waals surface area contributed by atoms with E-state index in [2.05, 4.69) is 16.9 Å². The summed E-state index contributed by atoms with van der Waals surface area (Å²) in [4.78, 5) is 8.60. The molecule has 2 rings (SSSR count). The predicted octanol–water partition coefficient (Wildman–Crippen LogP) is 4.46. The van der Waals surface area contributed by atoms with E-state index in [1.54, 1.807) is 0 Å². The minimum absolute atomic E-state index is 0.272. The van der Waals surface area contributed by atoms with Gasteiger partial charge >= 0.3 is 44.5 Å². The molecular formula is C10H15F6N6OP. The summed E-state index contributed by atoms with van der Waals surface area (Å²) in [5, 5.41) is 15.2. The first-order valence-corrected chi connectivity index (χ1v) is 8.15. The van der Waals surface area contributed by atoms with Gasteiger partial charge in [-0.3, -0.25) is 0 Å². The van der Waals surface area contributed by atoms with Crippen molar-refractivity contribution in [1.82, 2.24) is 4.98 Å². The normalized spacial score (nSPS) is 16.2. The first-order valence-electron chi connectivity index (χ1n) is 6.12. The molecule has 0 saturated heterocycles. The Labute approximate surface area is 132 Å². The Kier molecular flexibility index (Phi) is 4.28. The molecule has 1 aromatic heterocycles. The van der Waals surface area contributed by atoms with E-state index in [9.17, 15) is 30.4 Å². The van der Waals surface area contributed by atoms with Gasteiger partial charge in [-0.05, 0) is 0 Å². The van der Waals surface area contributed by atoms with Crippen molar-refractivity contribution in [2.75, 3.05) is 38.0 Å². The zero-order valence-corrected chi connectivity index (χ0v) is 14.0. The molecule has 0 atom stereocenters. The molecule has 1 aliphatic heterocycles. The Morgan fingerprint density at radius 1 is 1.04 bits per heavy atom. The molecule has 0 radical (unpaired) electrons. The fourth-order valence-electron chi connectivity index (χ4n) is 1.65. The van der Waals surface area contributed by atoms with E-state index in [1.165, 1.54) is 4.68 Å². The number of hydrogen-bond donors (Lipinski definition) is 0. The van der Waals surface area contributed by atoms with Crippen LogP contribution in [-0.4, -0.2) is 49.4 Å². The molecule has 0 bridgehead atoms. The van der Waals surface area contributed by atoms with Gasteiger partial charge in [-0.25, -0.2) is 0 Å². The van der Waals surface area contributed by atoms with Crippen LogP contribution in [-0.2, 0) is 0 Å². The second kappa shape index (κ2) is 5.16. The Bertz CT molecular complexity index is 703. The van der Waals surface area contributed by atoms with Crippen molar-refractivity contribution in [3.63, 3.8) is 0 Å². The van der Waals surface area contributed by atoms with Crippen molar-refractivity contribution in [3.05, 3.63) is 11.3 Å². The average molecular weight is 380 g/mol. The molecule has 138 valence electrons.